The first-order valence-corrected chi connectivity index (χ1v) is 12.1. The van der Waals surface area contributed by atoms with Crippen molar-refractivity contribution < 1.29 is 22.7 Å². The number of sulfonamides is 1. The fourth-order valence-corrected chi connectivity index (χ4v) is 4.94. The molecule has 32 heavy (non-hydrogen) atoms. The average molecular weight is 459 g/mol. The van der Waals surface area contributed by atoms with Crippen LogP contribution in [0.15, 0.2) is 53.9 Å². The number of rotatable bonds is 8. The van der Waals surface area contributed by atoms with E-state index >= 15 is 0 Å². The summed E-state index contributed by atoms with van der Waals surface area (Å²) in [7, 11) is -0.368. The molecule has 8 heteroatoms. The number of nitrogens with zero attached hydrogens (tertiary/aromatic N) is 1. The maximum atomic E-state index is 12.8. The Kier molecular flexibility index (Phi) is 7.93. The van der Waals surface area contributed by atoms with Crippen LogP contribution in [0.4, 0.5) is 0 Å². The number of nitrogens with one attached hydrogen (secondary N) is 1. The zero-order valence-corrected chi connectivity index (χ0v) is 19.5. The summed E-state index contributed by atoms with van der Waals surface area (Å²) >= 11 is 0. The van der Waals surface area contributed by atoms with Crippen LogP contribution in [-0.4, -0.2) is 45.9 Å². The van der Waals surface area contributed by atoms with E-state index in [2.05, 4.69) is 5.32 Å². The molecule has 1 heterocycles. The number of hydrogen-bond donors (Lipinski definition) is 1. The Morgan fingerprint density at radius 2 is 1.72 bits per heavy atom. The summed E-state index contributed by atoms with van der Waals surface area (Å²) in [4.78, 5) is 12.8. The first-order chi connectivity index (χ1) is 15.3. The highest BCUT2D eigenvalue weighted by Gasteiger charge is 2.30. The SMILES string of the molecule is COc1ccc(C(C)NC(=O)C2CCN(S(=O)(=O)C=Cc3ccccc3)CC2)cc1OC. The third-order valence-electron chi connectivity index (χ3n) is 5.68. The third kappa shape index (κ3) is 5.89. The molecule has 1 aliphatic rings. The summed E-state index contributed by atoms with van der Waals surface area (Å²) in [6.07, 6.45) is 2.57. The fourth-order valence-electron chi connectivity index (χ4n) is 3.72. The highest BCUT2D eigenvalue weighted by Crippen LogP contribution is 2.30. The van der Waals surface area contributed by atoms with Crippen LogP contribution in [-0.2, 0) is 14.8 Å². The standard InChI is InChI=1S/C24H30N2O5S/c1-18(21-9-10-22(30-2)23(17-21)31-3)25-24(27)20-11-14-26(15-12-20)32(28,29)16-13-19-7-5-4-6-8-19/h4-10,13,16-18,20H,11-12,14-15H2,1-3H3,(H,25,27). The van der Waals surface area contributed by atoms with Gasteiger partial charge in [0, 0.05) is 24.4 Å². The van der Waals surface area contributed by atoms with Gasteiger partial charge in [-0.25, -0.2) is 8.42 Å². The van der Waals surface area contributed by atoms with Crippen molar-refractivity contribution in [3.63, 3.8) is 0 Å². The van der Waals surface area contributed by atoms with Crippen molar-refractivity contribution in [1.82, 2.24) is 9.62 Å². The molecule has 1 fully saturated rings. The molecule has 1 N–H and O–H groups in total. The summed E-state index contributed by atoms with van der Waals surface area (Å²) in [6, 6.07) is 14.6. The van der Waals surface area contributed by atoms with Gasteiger partial charge in [0.25, 0.3) is 0 Å². The van der Waals surface area contributed by atoms with E-state index < -0.39 is 10.0 Å². The van der Waals surface area contributed by atoms with Crippen LogP contribution in [0.3, 0.4) is 0 Å². The molecule has 0 saturated carbocycles. The summed E-state index contributed by atoms with van der Waals surface area (Å²) in [5.41, 5.74) is 1.73. The minimum absolute atomic E-state index is 0.0656. The van der Waals surface area contributed by atoms with Crippen molar-refractivity contribution in [2.45, 2.75) is 25.8 Å². The molecule has 2 aromatic rings. The predicted octanol–water partition coefficient (Wildman–Crippen LogP) is 3.59. The molecule has 0 spiro atoms. The number of carbonyl (C=O) groups is 1. The van der Waals surface area contributed by atoms with Gasteiger partial charge in [0.2, 0.25) is 15.9 Å². The lowest BCUT2D eigenvalue weighted by Crippen LogP contribution is -2.42. The van der Waals surface area contributed by atoms with Gasteiger partial charge in [0.1, 0.15) is 0 Å². The van der Waals surface area contributed by atoms with Crippen molar-refractivity contribution in [3.8, 4) is 11.5 Å². The maximum Gasteiger partial charge on any atom is 0.236 e. The van der Waals surface area contributed by atoms with Gasteiger partial charge in [0.05, 0.1) is 20.3 Å². The molecule has 1 saturated heterocycles. The Hall–Kier alpha value is -2.84. The molecular weight excluding hydrogens is 428 g/mol. The van der Waals surface area contributed by atoms with Crippen molar-refractivity contribution in [1.29, 1.82) is 0 Å². The Morgan fingerprint density at radius 1 is 1.06 bits per heavy atom. The summed E-state index contributed by atoms with van der Waals surface area (Å²) in [6.45, 7) is 2.56. The number of piperidine rings is 1. The van der Waals surface area contributed by atoms with Gasteiger partial charge in [-0.3, -0.25) is 4.79 Å². The van der Waals surface area contributed by atoms with E-state index in [0.29, 0.717) is 37.4 Å². The number of carbonyl (C=O) groups excluding carboxylic acids is 1. The monoisotopic (exact) mass is 458 g/mol. The number of benzene rings is 2. The van der Waals surface area contributed by atoms with E-state index in [9.17, 15) is 13.2 Å². The minimum atomic E-state index is -3.52. The predicted molar refractivity (Wildman–Crippen MR) is 125 cm³/mol. The van der Waals surface area contributed by atoms with Gasteiger partial charge >= 0.3 is 0 Å². The van der Waals surface area contributed by atoms with Gasteiger partial charge < -0.3 is 14.8 Å². The number of ether oxygens (including phenoxy) is 2. The van der Waals surface area contributed by atoms with E-state index in [0.717, 1.165) is 11.1 Å². The highest BCUT2D eigenvalue weighted by molar-refractivity contribution is 7.92. The van der Waals surface area contributed by atoms with Crippen LogP contribution in [0.2, 0.25) is 0 Å². The van der Waals surface area contributed by atoms with Gasteiger partial charge in [-0.1, -0.05) is 36.4 Å². The van der Waals surface area contributed by atoms with Gasteiger partial charge in [-0.2, -0.15) is 4.31 Å². The molecule has 7 nitrogen and oxygen atoms in total. The van der Waals surface area contributed by atoms with Crippen LogP contribution in [0.5, 0.6) is 11.5 Å². The zero-order valence-electron chi connectivity index (χ0n) is 18.7. The number of hydrogen-bond acceptors (Lipinski definition) is 5. The zero-order chi connectivity index (χ0) is 23.1. The molecule has 1 aliphatic heterocycles. The molecule has 172 valence electrons. The van der Waals surface area contributed by atoms with E-state index in [-0.39, 0.29) is 17.9 Å². The van der Waals surface area contributed by atoms with E-state index in [1.54, 1.807) is 20.3 Å². The quantitative estimate of drug-likeness (QED) is 0.653. The van der Waals surface area contributed by atoms with Gasteiger partial charge in [0.15, 0.2) is 11.5 Å². The molecule has 0 radical (unpaired) electrons. The lowest BCUT2D eigenvalue weighted by molar-refractivity contribution is -0.126. The second-order valence-corrected chi connectivity index (χ2v) is 9.59. The van der Waals surface area contributed by atoms with Crippen molar-refractivity contribution in [2.24, 2.45) is 5.92 Å². The lowest BCUT2D eigenvalue weighted by atomic mass is 9.96. The Bertz CT molecular complexity index is 1050. The number of amides is 1. The van der Waals surface area contributed by atoms with Gasteiger partial charge in [-0.15, -0.1) is 0 Å². The second-order valence-electron chi connectivity index (χ2n) is 7.78. The van der Waals surface area contributed by atoms with Crippen LogP contribution in [0.1, 0.15) is 36.9 Å². The number of methoxy groups -OCH3 is 2. The highest BCUT2D eigenvalue weighted by atomic mass is 32.2. The minimum Gasteiger partial charge on any atom is -0.493 e. The first-order valence-electron chi connectivity index (χ1n) is 10.6. The fraction of sp³-hybridized carbons (Fsp3) is 0.375. The van der Waals surface area contributed by atoms with Crippen LogP contribution < -0.4 is 14.8 Å². The van der Waals surface area contributed by atoms with Gasteiger partial charge in [-0.05, 0) is 49.1 Å². The van der Waals surface area contributed by atoms with Crippen LogP contribution in [0, 0.1) is 5.92 Å². The Morgan fingerprint density at radius 3 is 2.34 bits per heavy atom. The average Bonchev–Trinajstić information content (AvgIpc) is 2.83. The molecule has 3 rings (SSSR count). The molecule has 1 amide bonds. The largest absolute Gasteiger partial charge is 0.493 e. The molecule has 2 aromatic carbocycles. The smallest absolute Gasteiger partial charge is 0.236 e. The molecular formula is C24H30N2O5S. The maximum absolute atomic E-state index is 12.8. The summed E-state index contributed by atoms with van der Waals surface area (Å²) in [5, 5.41) is 4.28. The molecule has 1 atom stereocenters. The van der Waals surface area contributed by atoms with Crippen molar-refractivity contribution >= 4 is 22.0 Å². The third-order valence-corrected chi connectivity index (χ3v) is 7.25. The molecule has 0 aromatic heterocycles. The van der Waals surface area contributed by atoms with E-state index in [4.69, 9.17) is 9.47 Å². The Labute approximate surface area is 190 Å². The van der Waals surface area contributed by atoms with Crippen molar-refractivity contribution in [3.05, 3.63) is 65.1 Å². The van der Waals surface area contributed by atoms with Crippen LogP contribution >= 0.6 is 0 Å². The normalized spacial score (nSPS) is 16.6. The Balaban J connectivity index is 1.55. The topological polar surface area (TPSA) is 84.9 Å². The van der Waals surface area contributed by atoms with Crippen molar-refractivity contribution in [2.75, 3.05) is 27.3 Å². The summed E-state index contributed by atoms with van der Waals surface area (Å²) < 4.78 is 37.3. The lowest BCUT2D eigenvalue weighted by Gasteiger charge is -2.30. The molecule has 0 aliphatic carbocycles. The van der Waals surface area contributed by atoms with E-state index in [1.807, 2.05) is 55.5 Å². The van der Waals surface area contributed by atoms with Crippen LogP contribution in [0.25, 0.3) is 6.08 Å². The second kappa shape index (κ2) is 10.7. The molecule has 1 unspecified atom stereocenters. The van der Waals surface area contributed by atoms with E-state index in [1.165, 1.54) is 9.71 Å². The summed E-state index contributed by atoms with van der Waals surface area (Å²) in [5.74, 6) is 0.948. The molecule has 0 bridgehead atoms. The first kappa shape index (κ1) is 23.8.